The zero-order valence-electron chi connectivity index (χ0n) is 28.7. The average molecular weight is 634 g/mol. The molecule has 1 N–H and O–H groups in total. The van der Waals surface area contributed by atoms with Gasteiger partial charge < -0.3 is 14.5 Å². The molecule has 0 spiro atoms. The topological polar surface area (TPSA) is 64.6 Å². The number of esters is 1. The van der Waals surface area contributed by atoms with E-state index in [2.05, 4.69) is 123 Å². The van der Waals surface area contributed by atoms with Gasteiger partial charge in [0.15, 0.2) is 0 Å². The van der Waals surface area contributed by atoms with Crippen molar-refractivity contribution in [3.8, 4) is 0 Å². The molecule has 0 aliphatic carbocycles. The van der Waals surface area contributed by atoms with Crippen LogP contribution in [0.5, 0.6) is 0 Å². The highest BCUT2D eigenvalue weighted by atomic mass is 28.4. The quantitative estimate of drug-likeness (QED) is 0.0612. The lowest BCUT2D eigenvalue weighted by Gasteiger charge is -2.45. The van der Waals surface area contributed by atoms with Crippen LogP contribution in [-0.2, 0) is 18.8 Å². The molecule has 0 fully saturated rings. The van der Waals surface area contributed by atoms with Gasteiger partial charge >= 0.3 is 5.97 Å². The summed E-state index contributed by atoms with van der Waals surface area (Å²) in [5.41, 5.74) is 0. The molecule has 0 heterocycles. The number of benzene rings is 2. The minimum absolute atomic E-state index is 0.00324. The highest BCUT2D eigenvalue weighted by Gasteiger charge is 2.51. The normalized spacial score (nSPS) is 12.9. The maximum atomic E-state index is 11.7. The molecule has 2 aromatic rings. The van der Waals surface area contributed by atoms with Crippen molar-refractivity contribution < 1.29 is 18.8 Å². The van der Waals surface area contributed by atoms with Crippen LogP contribution in [0.2, 0.25) is 5.04 Å². The van der Waals surface area contributed by atoms with Gasteiger partial charge in [-0.1, -0.05) is 132 Å². The first-order valence-electron chi connectivity index (χ1n) is 17.2. The number of methoxy groups -OCH3 is 1. The maximum absolute atomic E-state index is 11.7. The molecule has 6 heteroatoms. The number of ether oxygens (including phenoxy) is 1. The van der Waals surface area contributed by atoms with Crippen LogP contribution < -0.4 is 15.7 Å². The Labute approximate surface area is 275 Å². The number of hydrogen-bond donors (Lipinski definition) is 1. The Morgan fingerprint density at radius 3 is 1.73 bits per heavy atom. The van der Waals surface area contributed by atoms with Crippen LogP contribution in [0, 0.1) is 0 Å². The van der Waals surface area contributed by atoms with Crippen LogP contribution in [0.15, 0.2) is 85.0 Å². The lowest BCUT2D eigenvalue weighted by Crippen LogP contribution is -2.67. The average Bonchev–Trinajstić information content (AvgIpc) is 3.05. The largest absolute Gasteiger partial charge is 0.468 e. The summed E-state index contributed by atoms with van der Waals surface area (Å²) in [6, 6.07) is 21.9. The van der Waals surface area contributed by atoms with Crippen LogP contribution in [0.25, 0.3) is 0 Å². The summed E-state index contributed by atoms with van der Waals surface area (Å²) >= 11 is 0. The second-order valence-corrected chi connectivity index (χ2v) is 17.2. The van der Waals surface area contributed by atoms with E-state index in [9.17, 15) is 9.59 Å². The SMILES string of the molecule is CCC(CC/C=C\CCCCCCC/C=C\CCCC(=O)NCC(=O)OC)O[Si](c1ccccc1)(c1ccccc1)C(C)(C)C. The summed E-state index contributed by atoms with van der Waals surface area (Å²) in [7, 11) is -1.20. The van der Waals surface area contributed by atoms with Gasteiger partial charge in [0, 0.05) is 12.5 Å². The van der Waals surface area contributed by atoms with E-state index in [0.717, 1.165) is 44.9 Å². The Balaban J connectivity index is 1.65. The molecule has 0 aliphatic rings. The first-order chi connectivity index (χ1) is 21.7. The monoisotopic (exact) mass is 633 g/mol. The molecule has 0 bridgehead atoms. The van der Waals surface area contributed by atoms with Gasteiger partial charge in [0.05, 0.1) is 7.11 Å². The summed E-state index contributed by atoms with van der Waals surface area (Å²) in [5.74, 6) is -0.525. The minimum atomic E-state index is -2.51. The fourth-order valence-corrected chi connectivity index (χ4v) is 10.6. The first kappa shape index (κ1) is 38.2. The fourth-order valence-electron chi connectivity index (χ4n) is 5.81. The molecule has 1 atom stereocenters. The second kappa shape index (κ2) is 21.7. The second-order valence-electron chi connectivity index (χ2n) is 12.9. The predicted octanol–water partition coefficient (Wildman–Crippen LogP) is 8.42. The maximum Gasteiger partial charge on any atom is 0.325 e. The first-order valence-corrected chi connectivity index (χ1v) is 19.1. The van der Waals surface area contributed by atoms with Crippen molar-refractivity contribution in [2.75, 3.05) is 13.7 Å². The van der Waals surface area contributed by atoms with Gasteiger partial charge in [-0.05, 0) is 73.2 Å². The molecule has 0 aromatic heterocycles. The van der Waals surface area contributed by atoms with Crippen LogP contribution in [0.1, 0.15) is 111 Å². The Morgan fingerprint density at radius 2 is 1.24 bits per heavy atom. The highest BCUT2D eigenvalue weighted by Crippen LogP contribution is 2.38. The fraction of sp³-hybridized carbons (Fsp3) is 0.538. The summed E-state index contributed by atoms with van der Waals surface area (Å²) < 4.78 is 11.9. The number of unbranched alkanes of at least 4 members (excludes halogenated alkanes) is 7. The summed E-state index contributed by atoms with van der Waals surface area (Å²) in [6.07, 6.45) is 23.2. The van der Waals surface area contributed by atoms with Crippen molar-refractivity contribution >= 4 is 30.6 Å². The Kier molecular flexibility index (Phi) is 18.4. The number of amides is 1. The van der Waals surface area contributed by atoms with Gasteiger partial charge in [-0.2, -0.15) is 0 Å². The minimum Gasteiger partial charge on any atom is -0.468 e. The Bertz CT molecular complexity index is 1100. The van der Waals surface area contributed by atoms with Crippen molar-refractivity contribution in [1.29, 1.82) is 0 Å². The van der Waals surface area contributed by atoms with Crippen LogP contribution in [0.4, 0.5) is 0 Å². The predicted molar refractivity (Wildman–Crippen MR) is 191 cm³/mol. The Morgan fingerprint density at radius 1 is 0.756 bits per heavy atom. The van der Waals surface area contributed by atoms with Crippen LogP contribution in [-0.4, -0.2) is 40.0 Å². The van der Waals surface area contributed by atoms with E-state index >= 15 is 0 Å². The van der Waals surface area contributed by atoms with Crippen molar-refractivity contribution in [1.82, 2.24) is 5.32 Å². The molecule has 0 saturated carbocycles. The molecule has 0 saturated heterocycles. The molecule has 45 heavy (non-hydrogen) atoms. The van der Waals surface area contributed by atoms with Crippen molar-refractivity contribution in [2.24, 2.45) is 0 Å². The smallest absolute Gasteiger partial charge is 0.325 e. The van der Waals surface area contributed by atoms with Gasteiger partial charge in [0.25, 0.3) is 8.32 Å². The summed E-state index contributed by atoms with van der Waals surface area (Å²) in [5, 5.41) is 5.27. The number of carbonyl (C=O) groups excluding carboxylic acids is 2. The van der Waals surface area contributed by atoms with E-state index in [4.69, 9.17) is 4.43 Å². The van der Waals surface area contributed by atoms with Gasteiger partial charge in [-0.15, -0.1) is 0 Å². The Hall–Kier alpha value is -2.96. The standard InChI is InChI=1S/C39H59NO4Si/c1-6-34(44-45(39(2,3)4,35-28-22-19-23-29-35)36-30-24-20-25-31-36)27-21-17-15-13-11-9-7-8-10-12-14-16-18-26-32-37(41)40-33-38(42)43-5/h14-17,19-20,22-25,28-31,34H,6-13,18,21,26-27,32-33H2,1-5H3,(H,40,41)/b16-14-,17-15-. The van der Waals surface area contributed by atoms with E-state index in [0.29, 0.717) is 6.42 Å². The van der Waals surface area contributed by atoms with Crippen molar-refractivity contribution in [2.45, 2.75) is 122 Å². The van der Waals surface area contributed by atoms with E-state index in [1.54, 1.807) is 0 Å². The van der Waals surface area contributed by atoms with Gasteiger partial charge in [0.2, 0.25) is 5.91 Å². The molecule has 2 aromatic carbocycles. The molecule has 2 rings (SSSR count). The van der Waals surface area contributed by atoms with Gasteiger partial charge in [-0.25, -0.2) is 0 Å². The lowest BCUT2D eigenvalue weighted by molar-refractivity contribution is -0.141. The zero-order valence-corrected chi connectivity index (χ0v) is 29.7. The van der Waals surface area contributed by atoms with Gasteiger partial charge in [-0.3, -0.25) is 9.59 Å². The number of carbonyl (C=O) groups is 2. The van der Waals surface area contributed by atoms with Gasteiger partial charge in [0.1, 0.15) is 6.54 Å². The number of rotatable bonds is 22. The van der Waals surface area contributed by atoms with E-state index in [1.807, 2.05) is 0 Å². The third-order valence-corrected chi connectivity index (χ3v) is 13.5. The van der Waals surface area contributed by atoms with Crippen LogP contribution >= 0.6 is 0 Å². The highest BCUT2D eigenvalue weighted by molar-refractivity contribution is 6.99. The van der Waals surface area contributed by atoms with Crippen LogP contribution in [0.3, 0.4) is 0 Å². The van der Waals surface area contributed by atoms with E-state index in [1.165, 1.54) is 49.6 Å². The molecule has 1 amide bonds. The molecule has 1 unspecified atom stereocenters. The number of nitrogens with one attached hydrogen (secondary N) is 1. The molecular weight excluding hydrogens is 575 g/mol. The van der Waals surface area contributed by atoms with Crippen molar-refractivity contribution in [3.63, 3.8) is 0 Å². The molecule has 0 radical (unpaired) electrons. The molecule has 5 nitrogen and oxygen atoms in total. The third kappa shape index (κ3) is 13.9. The summed E-state index contributed by atoms with van der Waals surface area (Å²) in [6.45, 7) is 9.27. The third-order valence-electron chi connectivity index (χ3n) is 8.38. The van der Waals surface area contributed by atoms with E-state index in [-0.39, 0.29) is 23.6 Å². The van der Waals surface area contributed by atoms with Crippen molar-refractivity contribution in [3.05, 3.63) is 85.0 Å². The number of allylic oxidation sites excluding steroid dienone is 4. The summed E-state index contributed by atoms with van der Waals surface area (Å²) in [4.78, 5) is 22.7. The molecular formula is C39H59NO4Si. The lowest BCUT2D eigenvalue weighted by atomic mass is 10.1. The number of hydrogen-bond acceptors (Lipinski definition) is 4. The molecule has 0 aliphatic heterocycles. The van der Waals surface area contributed by atoms with E-state index < -0.39 is 14.3 Å². The zero-order chi connectivity index (χ0) is 32.8. The molecule has 248 valence electrons.